The fourth-order valence-corrected chi connectivity index (χ4v) is 4.11. The van der Waals surface area contributed by atoms with Gasteiger partial charge in [0.15, 0.2) is 0 Å². The van der Waals surface area contributed by atoms with Crippen molar-refractivity contribution >= 4 is 15.9 Å². The number of nitrogens with zero attached hydrogens (tertiary/aromatic N) is 2. The summed E-state index contributed by atoms with van der Waals surface area (Å²) < 4.78 is 31.1. The van der Waals surface area contributed by atoms with Crippen molar-refractivity contribution in [1.82, 2.24) is 14.5 Å². The van der Waals surface area contributed by atoms with Gasteiger partial charge in [0.1, 0.15) is 0 Å². The highest BCUT2D eigenvalue weighted by atomic mass is 32.2. The molecule has 1 N–H and O–H groups in total. The lowest BCUT2D eigenvalue weighted by Crippen LogP contribution is -2.53. The maximum atomic E-state index is 12.7. The maximum Gasteiger partial charge on any atom is 0.238 e. The Hall–Kier alpha value is -1.48. The van der Waals surface area contributed by atoms with Crippen LogP contribution in [0.15, 0.2) is 30.3 Å². The molecule has 0 bridgehead atoms. The number of nitrogens with one attached hydrogen (secondary N) is 1. The molecule has 7 nitrogen and oxygen atoms in total. The van der Waals surface area contributed by atoms with Gasteiger partial charge in [-0.3, -0.25) is 4.79 Å². The van der Waals surface area contributed by atoms with Crippen LogP contribution in [-0.4, -0.2) is 75.8 Å². The van der Waals surface area contributed by atoms with Crippen molar-refractivity contribution in [3.05, 3.63) is 35.9 Å². The van der Waals surface area contributed by atoms with Gasteiger partial charge in [0, 0.05) is 13.1 Å². The second-order valence-corrected chi connectivity index (χ2v) is 8.79. The normalized spacial score (nSPS) is 24.7. The first-order valence-corrected chi connectivity index (χ1v) is 11.0. The molecule has 0 radical (unpaired) electrons. The highest BCUT2D eigenvalue weighted by Crippen LogP contribution is 2.30. The van der Waals surface area contributed by atoms with Crippen LogP contribution < -0.4 is 4.72 Å². The summed E-state index contributed by atoms with van der Waals surface area (Å²) >= 11 is 0. The zero-order valence-corrected chi connectivity index (χ0v) is 16.0. The van der Waals surface area contributed by atoms with Gasteiger partial charge >= 0.3 is 0 Å². The van der Waals surface area contributed by atoms with Crippen molar-refractivity contribution < 1.29 is 17.9 Å². The fourth-order valence-electron chi connectivity index (χ4n) is 3.72. The molecule has 3 rings (SSSR count). The molecule has 26 heavy (non-hydrogen) atoms. The molecule has 0 spiro atoms. The molecule has 0 aliphatic carbocycles. The van der Waals surface area contributed by atoms with E-state index in [9.17, 15) is 13.2 Å². The van der Waals surface area contributed by atoms with E-state index >= 15 is 0 Å². The van der Waals surface area contributed by atoms with E-state index in [2.05, 4.69) is 9.62 Å². The molecule has 2 fully saturated rings. The molecule has 1 aromatic carbocycles. The molecule has 144 valence electrons. The Morgan fingerprint density at radius 2 is 1.88 bits per heavy atom. The van der Waals surface area contributed by atoms with Gasteiger partial charge in [-0.05, 0) is 31.5 Å². The van der Waals surface area contributed by atoms with Crippen molar-refractivity contribution in [2.75, 3.05) is 45.6 Å². The van der Waals surface area contributed by atoms with Gasteiger partial charge in [0.2, 0.25) is 15.9 Å². The Kier molecular flexibility index (Phi) is 6.29. The lowest BCUT2D eigenvalue weighted by molar-refractivity contribution is -0.147. The first-order valence-electron chi connectivity index (χ1n) is 9.07. The third kappa shape index (κ3) is 5.03. The number of benzene rings is 1. The van der Waals surface area contributed by atoms with Crippen LogP contribution in [0, 0.1) is 0 Å². The summed E-state index contributed by atoms with van der Waals surface area (Å²) in [5.74, 6) is -0.223. The van der Waals surface area contributed by atoms with E-state index in [4.69, 9.17) is 4.74 Å². The minimum atomic E-state index is -3.41. The van der Waals surface area contributed by atoms with E-state index in [0.717, 1.165) is 31.5 Å². The number of carbonyl (C=O) groups is 1. The summed E-state index contributed by atoms with van der Waals surface area (Å²) in [6.45, 7) is 3.60. The number of hydrogen-bond acceptors (Lipinski definition) is 5. The number of carbonyl (C=O) groups excluding carboxylic acids is 1. The van der Waals surface area contributed by atoms with Crippen LogP contribution in [0.25, 0.3) is 0 Å². The topological polar surface area (TPSA) is 79.0 Å². The Labute approximate surface area is 155 Å². The van der Waals surface area contributed by atoms with Crippen molar-refractivity contribution in [3.8, 4) is 0 Å². The van der Waals surface area contributed by atoms with E-state index in [1.165, 1.54) is 12.8 Å². The van der Waals surface area contributed by atoms with Crippen LogP contribution >= 0.6 is 0 Å². The average Bonchev–Trinajstić information content (AvgIpc) is 3.12. The van der Waals surface area contributed by atoms with Gasteiger partial charge < -0.3 is 14.5 Å². The number of morpholine rings is 1. The van der Waals surface area contributed by atoms with Gasteiger partial charge in [-0.25, -0.2) is 13.1 Å². The van der Waals surface area contributed by atoms with E-state index in [1.54, 1.807) is 4.90 Å². The molecule has 2 aliphatic heterocycles. The van der Waals surface area contributed by atoms with Gasteiger partial charge in [-0.1, -0.05) is 30.3 Å². The first kappa shape index (κ1) is 19.3. The molecular formula is C18H27N3O4S. The van der Waals surface area contributed by atoms with E-state index in [-0.39, 0.29) is 24.6 Å². The largest absolute Gasteiger partial charge is 0.373 e. The third-order valence-electron chi connectivity index (χ3n) is 4.94. The Morgan fingerprint density at radius 3 is 2.54 bits per heavy atom. The van der Waals surface area contributed by atoms with Gasteiger partial charge in [0.05, 0.1) is 31.6 Å². The monoisotopic (exact) mass is 381 g/mol. The Balaban J connectivity index is 1.80. The SMILES string of the molecule is CS(=O)(=O)NCC(=O)N1CCO[C@@H](CN2CCCC2)[C@@H]1c1ccccc1. The zero-order valence-electron chi connectivity index (χ0n) is 15.1. The Morgan fingerprint density at radius 1 is 1.19 bits per heavy atom. The maximum absolute atomic E-state index is 12.7. The molecular weight excluding hydrogens is 354 g/mol. The zero-order chi connectivity index (χ0) is 18.6. The molecule has 2 saturated heterocycles. The second-order valence-electron chi connectivity index (χ2n) is 6.95. The molecule has 2 heterocycles. The van der Waals surface area contributed by atoms with Gasteiger partial charge in [-0.2, -0.15) is 0 Å². The average molecular weight is 381 g/mol. The van der Waals surface area contributed by atoms with Crippen LogP contribution in [0.3, 0.4) is 0 Å². The summed E-state index contributed by atoms with van der Waals surface area (Å²) in [5, 5.41) is 0. The summed E-state index contributed by atoms with van der Waals surface area (Å²) in [5.41, 5.74) is 1.02. The summed E-state index contributed by atoms with van der Waals surface area (Å²) in [7, 11) is -3.41. The number of ether oxygens (including phenoxy) is 1. The van der Waals surface area contributed by atoms with Crippen LogP contribution in [0.2, 0.25) is 0 Å². The predicted molar refractivity (Wildman–Crippen MR) is 99.2 cm³/mol. The molecule has 0 saturated carbocycles. The number of amides is 1. The molecule has 1 aromatic rings. The van der Waals surface area contributed by atoms with Crippen LogP contribution in [-0.2, 0) is 19.6 Å². The van der Waals surface area contributed by atoms with Crippen LogP contribution in [0.1, 0.15) is 24.4 Å². The lowest BCUT2D eigenvalue weighted by Gasteiger charge is -2.42. The van der Waals surface area contributed by atoms with E-state index < -0.39 is 10.0 Å². The molecule has 0 unspecified atom stereocenters. The number of sulfonamides is 1. The number of likely N-dealkylation sites (tertiary alicyclic amines) is 1. The highest BCUT2D eigenvalue weighted by Gasteiger charge is 2.37. The van der Waals surface area contributed by atoms with Crippen molar-refractivity contribution in [2.24, 2.45) is 0 Å². The predicted octanol–water partition coefficient (Wildman–Crippen LogP) is 0.600. The van der Waals surface area contributed by atoms with Crippen molar-refractivity contribution in [3.63, 3.8) is 0 Å². The summed E-state index contributed by atoms with van der Waals surface area (Å²) in [4.78, 5) is 16.9. The van der Waals surface area contributed by atoms with Crippen LogP contribution in [0.5, 0.6) is 0 Å². The van der Waals surface area contributed by atoms with Gasteiger partial charge in [-0.15, -0.1) is 0 Å². The fraction of sp³-hybridized carbons (Fsp3) is 0.611. The second kappa shape index (κ2) is 8.47. The van der Waals surface area contributed by atoms with Crippen molar-refractivity contribution in [2.45, 2.75) is 25.0 Å². The lowest BCUT2D eigenvalue weighted by atomic mass is 9.97. The third-order valence-corrected chi connectivity index (χ3v) is 5.60. The molecule has 2 aliphatic rings. The van der Waals surface area contributed by atoms with Gasteiger partial charge in [0.25, 0.3) is 0 Å². The van der Waals surface area contributed by atoms with Crippen molar-refractivity contribution in [1.29, 1.82) is 0 Å². The minimum absolute atomic E-state index is 0.119. The quantitative estimate of drug-likeness (QED) is 0.781. The Bertz CT molecular complexity index is 704. The first-order chi connectivity index (χ1) is 12.4. The summed E-state index contributed by atoms with van der Waals surface area (Å²) in [6.07, 6.45) is 3.34. The number of hydrogen-bond donors (Lipinski definition) is 1. The molecule has 1 amide bonds. The summed E-state index contributed by atoms with van der Waals surface area (Å²) in [6, 6.07) is 9.64. The smallest absolute Gasteiger partial charge is 0.238 e. The molecule has 2 atom stereocenters. The molecule has 8 heteroatoms. The number of rotatable bonds is 6. The van der Waals surface area contributed by atoms with E-state index in [1.807, 2.05) is 30.3 Å². The standard InChI is InChI=1S/C18H27N3O4S/c1-26(23,24)19-13-17(22)21-11-12-25-16(14-20-9-5-6-10-20)18(21)15-7-3-2-4-8-15/h2-4,7-8,16,18-19H,5-6,9-14H2,1H3/t16-,18-/m0/s1. The minimum Gasteiger partial charge on any atom is -0.373 e. The van der Waals surface area contributed by atoms with E-state index in [0.29, 0.717) is 13.2 Å². The van der Waals surface area contributed by atoms with Crippen LogP contribution in [0.4, 0.5) is 0 Å². The molecule has 0 aromatic heterocycles. The highest BCUT2D eigenvalue weighted by molar-refractivity contribution is 7.88.